The zero-order valence-electron chi connectivity index (χ0n) is 17.8. The molecular formula is C22H23N3O7. The molecule has 0 saturated carbocycles. The van der Waals surface area contributed by atoms with E-state index in [0.29, 0.717) is 43.2 Å². The summed E-state index contributed by atoms with van der Waals surface area (Å²) >= 11 is 0. The van der Waals surface area contributed by atoms with Gasteiger partial charge < -0.3 is 33.4 Å². The van der Waals surface area contributed by atoms with Crippen molar-refractivity contribution in [3.8, 4) is 11.5 Å². The Hall–Kier alpha value is -3.95. The molecule has 2 amide bonds. The summed E-state index contributed by atoms with van der Waals surface area (Å²) in [5, 5.41) is 0.719. The van der Waals surface area contributed by atoms with Gasteiger partial charge in [-0.05, 0) is 24.3 Å². The molecule has 3 heterocycles. The second-order valence-corrected chi connectivity index (χ2v) is 7.20. The molecule has 0 aliphatic carbocycles. The van der Waals surface area contributed by atoms with Crippen LogP contribution in [-0.2, 0) is 9.53 Å². The Morgan fingerprint density at radius 1 is 1.03 bits per heavy atom. The molecule has 0 spiro atoms. The molecule has 0 bridgehead atoms. The van der Waals surface area contributed by atoms with E-state index >= 15 is 0 Å². The van der Waals surface area contributed by atoms with Crippen LogP contribution in [0.15, 0.2) is 41.0 Å². The monoisotopic (exact) mass is 441 g/mol. The summed E-state index contributed by atoms with van der Waals surface area (Å²) in [5.41, 5.74) is 0.831. The summed E-state index contributed by atoms with van der Waals surface area (Å²) in [6.45, 7) is 1.07. The topological polar surface area (TPSA) is 114 Å². The first-order chi connectivity index (χ1) is 15.5. The van der Waals surface area contributed by atoms with Gasteiger partial charge in [-0.15, -0.1) is 0 Å². The van der Waals surface area contributed by atoms with Crippen LogP contribution in [0, 0.1) is 0 Å². The fourth-order valence-corrected chi connectivity index (χ4v) is 3.58. The van der Waals surface area contributed by atoms with Crippen molar-refractivity contribution in [1.82, 2.24) is 14.8 Å². The van der Waals surface area contributed by atoms with Crippen LogP contribution >= 0.6 is 0 Å². The molecular weight excluding hydrogens is 418 g/mol. The SMILES string of the molecule is COc1cc(OC)c2[nH]c(C(=O)OCC(=O)N3CCN(C(=O)c4ccco4)CC3)cc2c1. The van der Waals surface area contributed by atoms with Crippen molar-refractivity contribution >= 4 is 28.7 Å². The number of rotatable bonds is 6. The number of nitrogens with one attached hydrogen (secondary N) is 1. The Labute approximate surface area is 183 Å². The standard InChI is InChI=1S/C22H23N3O7/c1-29-15-10-14-11-16(23-20(14)18(12-15)30-2)22(28)32-13-19(26)24-5-7-25(8-6-24)21(27)17-4-3-9-31-17/h3-4,9-12,23H,5-8,13H2,1-2H3. The number of esters is 1. The van der Waals surface area contributed by atoms with Crippen molar-refractivity contribution in [2.45, 2.75) is 0 Å². The number of aromatic nitrogens is 1. The zero-order valence-corrected chi connectivity index (χ0v) is 17.8. The Morgan fingerprint density at radius 3 is 2.44 bits per heavy atom. The van der Waals surface area contributed by atoms with Crippen LogP contribution in [0.1, 0.15) is 21.0 Å². The van der Waals surface area contributed by atoms with E-state index in [2.05, 4.69) is 4.98 Å². The van der Waals surface area contributed by atoms with Gasteiger partial charge in [-0.1, -0.05) is 0 Å². The van der Waals surface area contributed by atoms with Gasteiger partial charge in [-0.2, -0.15) is 0 Å². The quantitative estimate of drug-likeness (QED) is 0.581. The maximum Gasteiger partial charge on any atom is 0.355 e. The average molecular weight is 441 g/mol. The summed E-state index contributed by atoms with van der Waals surface area (Å²) in [4.78, 5) is 43.4. The number of benzene rings is 1. The molecule has 0 unspecified atom stereocenters. The first kappa shape index (κ1) is 21.3. The number of hydrogen-bond donors (Lipinski definition) is 1. The third-order valence-electron chi connectivity index (χ3n) is 5.32. The second kappa shape index (κ2) is 9.04. The highest BCUT2D eigenvalue weighted by Gasteiger charge is 2.26. The van der Waals surface area contributed by atoms with Gasteiger partial charge in [0.05, 0.1) is 26.0 Å². The fourth-order valence-electron chi connectivity index (χ4n) is 3.58. The number of furan rings is 1. The van der Waals surface area contributed by atoms with E-state index in [4.69, 9.17) is 18.6 Å². The number of methoxy groups -OCH3 is 2. The first-order valence-corrected chi connectivity index (χ1v) is 10.0. The molecule has 1 aromatic carbocycles. The highest BCUT2D eigenvalue weighted by molar-refractivity contribution is 5.98. The van der Waals surface area contributed by atoms with Crippen molar-refractivity contribution in [3.63, 3.8) is 0 Å². The number of carbonyl (C=O) groups excluding carboxylic acids is 3. The molecule has 0 radical (unpaired) electrons. The minimum absolute atomic E-state index is 0.202. The fraction of sp³-hybridized carbons (Fsp3) is 0.318. The minimum atomic E-state index is -0.651. The van der Waals surface area contributed by atoms with Gasteiger partial charge in [0.1, 0.15) is 17.2 Å². The average Bonchev–Trinajstić information content (AvgIpc) is 3.51. The predicted octanol–water partition coefficient (Wildman–Crippen LogP) is 1.92. The Kier molecular flexibility index (Phi) is 6.02. The Morgan fingerprint density at radius 2 is 1.78 bits per heavy atom. The molecule has 32 heavy (non-hydrogen) atoms. The van der Waals surface area contributed by atoms with E-state index in [1.807, 2.05) is 0 Å². The van der Waals surface area contributed by atoms with E-state index in [1.54, 1.807) is 47.2 Å². The van der Waals surface area contributed by atoms with E-state index < -0.39 is 5.97 Å². The molecule has 2 aromatic heterocycles. The maximum atomic E-state index is 12.5. The van der Waals surface area contributed by atoms with Crippen LogP contribution < -0.4 is 9.47 Å². The Balaban J connectivity index is 1.32. The lowest BCUT2D eigenvalue weighted by molar-refractivity contribution is -0.136. The van der Waals surface area contributed by atoms with E-state index in [9.17, 15) is 14.4 Å². The smallest absolute Gasteiger partial charge is 0.355 e. The van der Waals surface area contributed by atoms with Gasteiger partial charge in [0.2, 0.25) is 0 Å². The molecule has 1 aliphatic heterocycles. The normalized spacial score (nSPS) is 13.8. The molecule has 1 N–H and O–H groups in total. The van der Waals surface area contributed by atoms with Crippen LogP contribution in [0.3, 0.4) is 0 Å². The summed E-state index contributed by atoms with van der Waals surface area (Å²) < 4.78 is 20.9. The molecule has 10 nitrogen and oxygen atoms in total. The summed E-state index contributed by atoms with van der Waals surface area (Å²) in [7, 11) is 3.06. The van der Waals surface area contributed by atoms with Crippen molar-refractivity contribution < 1.29 is 33.0 Å². The van der Waals surface area contributed by atoms with Gasteiger partial charge in [0, 0.05) is 37.6 Å². The second-order valence-electron chi connectivity index (χ2n) is 7.20. The number of fused-ring (bicyclic) bond motifs is 1. The summed E-state index contributed by atoms with van der Waals surface area (Å²) in [6, 6.07) is 8.34. The summed E-state index contributed by atoms with van der Waals surface area (Å²) in [5.74, 6) is 0.205. The van der Waals surface area contributed by atoms with E-state index in [1.165, 1.54) is 13.4 Å². The van der Waals surface area contributed by atoms with Crippen molar-refractivity contribution in [3.05, 3.63) is 48.0 Å². The van der Waals surface area contributed by atoms with Gasteiger partial charge in [-0.3, -0.25) is 9.59 Å². The highest BCUT2D eigenvalue weighted by atomic mass is 16.5. The molecule has 4 rings (SSSR count). The number of aromatic amines is 1. The zero-order chi connectivity index (χ0) is 22.7. The van der Waals surface area contributed by atoms with Gasteiger partial charge in [0.15, 0.2) is 12.4 Å². The van der Waals surface area contributed by atoms with Gasteiger partial charge in [0.25, 0.3) is 11.8 Å². The molecule has 0 atom stereocenters. The van der Waals surface area contributed by atoms with E-state index in [0.717, 1.165) is 5.39 Å². The van der Waals surface area contributed by atoms with Crippen molar-refractivity contribution in [2.75, 3.05) is 47.0 Å². The predicted molar refractivity (Wildman–Crippen MR) is 113 cm³/mol. The number of hydrogen-bond acceptors (Lipinski definition) is 7. The largest absolute Gasteiger partial charge is 0.497 e. The lowest BCUT2D eigenvalue weighted by atomic mass is 10.2. The molecule has 1 saturated heterocycles. The number of amides is 2. The third-order valence-corrected chi connectivity index (χ3v) is 5.32. The third kappa shape index (κ3) is 4.25. The van der Waals surface area contributed by atoms with Gasteiger partial charge in [-0.25, -0.2) is 4.79 Å². The molecule has 10 heteroatoms. The van der Waals surface area contributed by atoms with E-state index in [-0.39, 0.29) is 29.9 Å². The number of nitrogens with zero attached hydrogens (tertiary/aromatic N) is 2. The van der Waals surface area contributed by atoms with Crippen molar-refractivity contribution in [2.24, 2.45) is 0 Å². The van der Waals surface area contributed by atoms with Crippen LogP contribution in [0.4, 0.5) is 0 Å². The lowest BCUT2D eigenvalue weighted by Gasteiger charge is -2.34. The van der Waals surface area contributed by atoms with Crippen molar-refractivity contribution in [1.29, 1.82) is 0 Å². The molecule has 168 valence electrons. The minimum Gasteiger partial charge on any atom is -0.497 e. The van der Waals surface area contributed by atoms with Crippen LogP contribution in [0.2, 0.25) is 0 Å². The first-order valence-electron chi connectivity index (χ1n) is 10.0. The molecule has 1 fully saturated rings. The number of piperazine rings is 1. The molecule has 1 aliphatic rings. The van der Waals surface area contributed by atoms with Crippen LogP contribution in [-0.4, -0.2) is 79.6 Å². The van der Waals surface area contributed by atoms with Gasteiger partial charge >= 0.3 is 5.97 Å². The number of H-pyrrole nitrogens is 1. The molecule has 3 aromatic rings. The van der Waals surface area contributed by atoms with Crippen LogP contribution in [0.25, 0.3) is 10.9 Å². The highest BCUT2D eigenvalue weighted by Crippen LogP contribution is 2.31. The number of carbonyl (C=O) groups is 3. The lowest BCUT2D eigenvalue weighted by Crippen LogP contribution is -2.51. The Bertz CT molecular complexity index is 1130. The van der Waals surface area contributed by atoms with Crippen LogP contribution in [0.5, 0.6) is 11.5 Å². The maximum absolute atomic E-state index is 12.5. The summed E-state index contributed by atoms with van der Waals surface area (Å²) in [6.07, 6.45) is 1.45. The number of ether oxygens (including phenoxy) is 3.